The Morgan fingerprint density at radius 2 is 1.63 bits per heavy atom. The molecule has 1 atom stereocenters. The van der Waals surface area contributed by atoms with Crippen molar-refractivity contribution in [1.29, 1.82) is 0 Å². The van der Waals surface area contributed by atoms with E-state index in [1.807, 2.05) is 0 Å². The van der Waals surface area contributed by atoms with E-state index in [1.165, 1.54) is 58.3 Å². The zero-order chi connectivity index (χ0) is 14.5. The molecule has 0 radical (unpaired) electrons. The second-order valence-electron chi connectivity index (χ2n) is 5.90. The Kier molecular flexibility index (Phi) is 12.8. The van der Waals surface area contributed by atoms with Crippen molar-refractivity contribution < 1.29 is 0 Å². The van der Waals surface area contributed by atoms with Crippen LogP contribution in [0.15, 0.2) is 0 Å². The van der Waals surface area contributed by atoms with Crippen molar-refractivity contribution in [2.24, 2.45) is 0 Å². The molecule has 0 saturated heterocycles. The van der Waals surface area contributed by atoms with E-state index in [1.54, 1.807) is 0 Å². The molecule has 0 aliphatic carbocycles. The predicted octanol–water partition coefficient (Wildman–Crippen LogP) is 2.82. The van der Waals surface area contributed by atoms with Gasteiger partial charge in [-0.15, -0.1) is 0 Å². The molecule has 0 aromatic heterocycles. The van der Waals surface area contributed by atoms with E-state index in [0.29, 0.717) is 6.04 Å². The standard InChI is InChI=1S/C16H37N3/c1-6-12-17-13-10-8-9-11-14-19(7-2)16(3)15-18(4)5/h16-17H,6-15H2,1-5H3. The van der Waals surface area contributed by atoms with Gasteiger partial charge in [0.2, 0.25) is 0 Å². The maximum Gasteiger partial charge on any atom is 0.0194 e. The predicted molar refractivity (Wildman–Crippen MR) is 86.9 cm³/mol. The van der Waals surface area contributed by atoms with Gasteiger partial charge >= 0.3 is 0 Å². The summed E-state index contributed by atoms with van der Waals surface area (Å²) in [6.07, 6.45) is 6.67. The molecule has 3 nitrogen and oxygen atoms in total. The van der Waals surface area contributed by atoms with Crippen molar-refractivity contribution in [2.75, 3.05) is 46.8 Å². The molecule has 1 N–H and O–H groups in total. The van der Waals surface area contributed by atoms with Crippen LogP contribution in [0.2, 0.25) is 0 Å². The normalized spacial score (nSPS) is 13.4. The fraction of sp³-hybridized carbons (Fsp3) is 1.00. The lowest BCUT2D eigenvalue weighted by molar-refractivity contribution is 0.178. The molecule has 1 unspecified atom stereocenters. The largest absolute Gasteiger partial charge is 0.317 e. The minimum absolute atomic E-state index is 0.672. The summed E-state index contributed by atoms with van der Waals surface area (Å²) < 4.78 is 0. The molecule has 0 aromatic carbocycles. The Balaban J connectivity index is 3.50. The lowest BCUT2D eigenvalue weighted by Gasteiger charge is -2.29. The molecule has 0 aliphatic rings. The third kappa shape index (κ3) is 11.4. The van der Waals surface area contributed by atoms with Crippen LogP contribution in [0.4, 0.5) is 0 Å². The third-order valence-electron chi connectivity index (χ3n) is 3.63. The van der Waals surface area contributed by atoms with Gasteiger partial charge in [-0.3, -0.25) is 4.90 Å². The molecular weight excluding hydrogens is 234 g/mol. The summed E-state index contributed by atoms with van der Waals surface area (Å²) in [5.41, 5.74) is 0. The van der Waals surface area contributed by atoms with Crippen LogP contribution in [0.5, 0.6) is 0 Å². The highest BCUT2D eigenvalue weighted by Gasteiger charge is 2.11. The van der Waals surface area contributed by atoms with Gasteiger partial charge in [0.15, 0.2) is 0 Å². The van der Waals surface area contributed by atoms with Crippen molar-refractivity contribution in [2.45, 2.75) is 58.9 Å². The van der Waals surface area contributed by atoms with E-state index in [9.17, 15) is 0 Å². The highest BCUT2D eigenvalue weighted by atomic mass is 15.2. The van der Waals surface area contributed by atoms with E-state index in [-0.39, 0.29) is 0 Å². The van der Waals surface area contributed by atoms with Crippen molar-refractivity contribution in [3.8, 4) is 0 Å². The fourth-order valence-corrected chi connectivity index (χ4v) is 2.55. The molecular formula is C16H37N3. The first-order valence-electron chi connectivity index (χ1n) is 8.21. The van der Waals surface area contributed by atoms with Gasteiger partial charge in [-0.1, -0.05) is 26.7 Å². The van der Waals surface area contributed by atoms with E-state index < -0.39 is 0 Å². The molecule has 0 spiro atoms. The van der Waals surface area contributed by atoms with Crippen molar-refractivity contribution in [3.63, 3.8) is 0 Å². The van der Waals surface area contributed by atoms with Gasteiger partial charge in [0, 0.05) is 12.6 Å². The quantitative estimate of drug-likeness (QED) is 0.520. The first kappa shape index (κ1) is 18.9. The second kappa shape index (κ2) is 12.9. The SMILES string of the molecule is CCCNCCCCCCN(CC)C(C)CN(C)C. The summed E-state index contributed by atoms with van der Waals surface area (Å²) in [5, 5.41) is 3.47. The second-order valence-corrected chi connectivity index (χ2v) is 5.90. The van der Waals surface area contributed by atoms with Gasteiger partial charge in [0.1, 0.15) is 0 Å². The van der Waals surface area contributed by atoms with Gasteiger partial charge in [-0.05, 0) is 66.5 Å². The minimum atomic E-state index is 0.672. The molecule has 0 bridgehead atoms. The van der Waals surface area contributed by atoms with Gasteiger partial charge in [0.25, 0.3) is 0 Å². The molecule has 0 heterocycles. The molecule has 116 valence electrons. The van der Waals surface area contributed by atoms with Crippen LogP contribution in [0.25, 0.3) is 0 Å². The average molecular weight is 271 g/mol. The molecule has 0 aliphatic heterocycles. The average Bonchev–Trinajstić information content (AvgIpc) is 2.36. The maximum absolute atomic E-state index is 3.47. The van der Waals surface area contributed by atoms with Gasteiger partial charge < -0.3 is 10.2 Å². The topological polar surface area (TPSA) is 18.5 Å². The van der Waals surface area contributed by atoms with Crippen molar-refractivity contribution >= 4 is 0 Å². The lowest BCUT2D eigenvalue weighted by atomic mass is 10.1. The van der Waals surface area contributed by atoms with Crippen molar-refractivity contribution in [1.82, 2.24) is 15.1 Å². The first-order valence-corrected chi connectivity index (χ1v) is 8.21. The molecule has 0 aromatic rings. The Hall–Kier alpha value is -0.120. The summed E-state index contributed by atoms with van der Waals surface area (Å²) >= 11 is 0. The number of nitrogens with zero attached hydrogens (tertiary/aromatic N) is 2. The number of hydrogen-bond acceptors (Lipinski definition) is 3. The molecule has 0 amide bonds. The molecule has 19 heavy (non-hydrogen) atoms. The Morgan fingerprint density at radius 3 is 2.21 bits per heavy atom. The van der Waals surface area contributed by atoms with Crippen LogP contribution in [0.1, 0.15) is 52.9 Å². The molecule has 0 fully saturated rings. The zero-order valence-corrected chi connectivity index (χ0v) is 14.0. The highest BCUT2D eigenvalue weighted by molar-refractivity contribution is 4.68. The Labute approximate surface area is 121 Å². The van der Waals surface area contributed by atoms with Crippen LogP contribution in [-0.4, -0.2) is 62.7 Å². The van der Waals surface area contributed by atoms with Crippen LogP contribution in [-0.2, 0) is 0 Å². The van der Waals surface area contributed by atoms with Crippen LogP contribution in [0, 0.1) is 0 Å². The van der Waals surface area contributed by atoms with E-state index in [4.69, 9.17) is 0 Å². The molecule has 3 heteroatoms. The monoisotopic (exact) mass is 271 g/mol. The minimum Gasteiger partial charge on any atom is -0.317 e. The van der Waals surface area contributed by atoms with Gasteiger partial charge in [-0.2, -0.15) is 0 Å². The Bertz CT molecular complexity index is 183. The number of nitrogens with one attached hydrogen (secondary N) is 1. The zero-order valence-electron chi connectivity index (χ0n) is 14.0. The van der Waals surface area contributed by atoms with E-state index in [0.717, 1.165) is 6.54 Å². The van der Waals surface area contributed by atoms with E-state index >= 15 is 0 Å². The summed E-state index contributed by atoms with van der Waals surface area (Å²) in [4.78, 5) is 4.89. The van der Waals surface area contributed by atoms with Gasteiger partial charge in [0.05, 0.1) is 0 Å². The first-order chi connectivity index (χ1) is 9.11. The molecule has 0 saturated carbocycles. The Morgan fingerprint density at radius 1 is 0.947 bits per heavy atom. The van der Waals surface area contributed by atoms with E-state index in [2.05, 4.69) is 50.0 Å². The summed E-state index contributed by atoms with van der Waals surface area (Å²) in [5.74, 6) is 0. The lowest BCUT2D eigenvalue weighted by Crippen LogP contribution is -2.40. The number of likely N-dealkylation sites (N-methyl/N-ethyl adjacent to an activating group) is 2. The van der Waals surface area contributed by atoms with Gasteiger partial charge in [-0.25, -0.2) is 0 Å². The number of rotatable bonds is 13. The van der Waals surface area contributed by atoms with Crippen LogP contribution < -0.4 is 5.32 Å². The van der Waals surface area contributed by atoms with Crippen LogP contribution in [0.3, 0.4) is 0 Å². The summed E-state index contributed by atoms with van der Waals surface area (Å²) in [6.45, 7) is 12.8. The number of unbranched alkanes of at least 4 members (excludes halogenated alkanes) is 3. The van der Waals surface area contributed by atoms with Crippen LogP contribution >= 0.6 is 0 Å². The highest BCUT2D eigenvalue weighted by Crippen LogP contribution is 2.05. The maximum atomic E-state index is 3.47. The summed E-state index contributed by atoms with van der Waals surface area (Å²) in [7, 11) is 4.32. The third-order valence-corrected chi connectivity index (χ3v) is 3.63. The summed E-state index contributed by atoms with van der Waals surface area (Å²) in [6, 6.07) is 0.672. The van der Waals surface area contributed by atoms with Crippen molar-refractivity contribution in [3.05, 3.63) is 0 Å². The smallest absolute Gasteiger partial charge is 0.0194 e. The molecule has 0 rings (SSSR count). The number of hydrogen-bond donors (Lipinski definition) is 1. The fourth-order valence-electron chi connectivity index (χ4n) is 2.55.